The summed E-state index contributed by atoms with van der Waals surface area (Å²) in [5, 5.41) is 9.87. The van der Waals surface area contributed by atoms with Crippen molar-refractivity contribution in [2.75, 3.05) is 13.7 Å². The SMILES string of the molecule is COc1ccc2c(c1Cl)OCC2O. The lowest BCUT2D eigenvalue weighted by Crippen LogP contribution is -1.97. The maximum absolute atomic E-state index is 9.44. The summed E-state index contributed by atoms with van der Waals surface area (Å²) in [4.78, 5) is 0. The molecule has 2 rings (SSSR count). The van der Waals surface area contributed by atoms with Crippen molar-refractivity contribution < 1.29 is 14.6 Å². The van der Waals surface area contributed by atoms with Gasteiger partial charge in [-0.15, -0.1) is 0 Å². The minimum absolute atomic E-state index is 0.266. The Bertz CT molecular complexity index is 338. The highest BCUT2D eigenvalue weighted by atomic mass is 35.5. The van der Waals surface area contributed by atoms with Crippen molar-refractivity contribution in [2.24, 2.45) is 0 Å². The second-order valence-electron chi connectivity index (χ2n) is 2.83. The first kappa shape index (κ1) is 8.66. The van der Waals surface area contributed by atoms with Crippen molar-refractivity contribution in [3.63, 3.8) is 0 Å². The van der Waals surface area contributed by atoms with Crippen molar-refractivity contribution in [3.05, 3.63) is 22.7 Å². The summed E-state index contributed by atoms with van der Waals surface area (Å²) in [5.74, 6) is 1.10. The molecule has 0 radical (unpaired) electrons. The third kappa shape index (κ3) is 1.24. The summed E-state index contributed by atoms with van der Waals surface area (Å²) in [5.41, 5.74) is 0.728. The van der Waals surface area contributed by atoms with Crippen molar-refractivity contribution in [2.45, 2.75) is 6.10 Å². The van der Waals surface area contributed by atoms with Gasteiger partial charge in [0.15, 0.2) is 0 Å². The second-order valence-corrected chi connectivity index (χ2v) is 3.20. The highest BCUT2D eigenvalue weighted by Crippen LogP contribution is 2.43. The van der Waals surface area contributed by atoms with Gasteiger partial charge in [-0.05, 0) is 12.1 Å². The zero-order valence-electron chi connectivity index (χ0n) is 7.08. The van der Waals surface area contributed by atoms with E-state index in [-0.39, 0.29) is 6.61 Å². The Morgan fingerprint density at radius 1 is 1.62 bits per heavy atom. The molecule has 70 valence electrons. The predicted molar refractivity (Wildman–Crippen MR) is 48.5 cm³/mol. The van der Waals surface area contributed by atoms with Gasteiger partial charge < -0.3 is 14.6 Å². The Labute approximate surface area is 80.8 Å². The monoisotopic (exact) mass is 200 g/mol. The summed E-state index contributed by atoms with van der Waals surface area (Å²) in [6.07, 6.45) is -0.571. The van der Waals surface area contributed by atoms with Gasteiger partial charge in [-0.3, -0.25) is 0 Å². The fourth-order valence-corrected chi connectivity index (χ4v) is 1.68. The highest BCUT2D eigenvalue weighted by molar-refractivity contribution is 6.33. The van der Waals surface area contributed by atoms with E-state index in [2.05, 4.69) is 0 Å². The van der Waals surface area contributed by atoms with Crippen LogP contribution in [0.4, 0.5) is 0 Å². The van der Waals surface area contributed by atoms with E-state index in [0.717, 1.165) is 5.56 Å². The highest BCUT2D eigenvalue weighted by Gasteiger charge is 2.25. The first-order chi connectivity index (χ1) is 6.24. The van der Waals surface area contributed by atoms with E-state index in [1.807, 2.05) is 0 Å². The lowest BCUT2D eigenvalue weighted by atomic mass is 10.1. The lowest BCUT2D eigenvalue weighted by Gasteiger charge is -2.06. The van der Waals surface area contributed by atoms with Gasteiger partial charge in [-0.2, -0.15) is 0 Å². The smallest absolute Gasteiger partial charge is 0.147 e. The Morgan fingerprint density at radius 3 is 3.08 bits per heavy atom. The van der Waals surface area contributed by atoms with Crippen LogP contribution in [-0.2, 0) is 0 Å². The van der Waals surface area contributed by atoms with Crippen molar-refractivity contribution >= 4 is 11.6 Å². The van der Waals surface area contributed by atoms with E-state index in [9.17, 15) is 5.11 Å². The molecule has 0 fully saturated rings. The van der Waals surface area contributed by atoms with Crippen LogP contribution in [0, 0.1) is 0 Å². The lowest BCUT2D eigenvalue weighted by molar-refractivity contribution is 0.140. The van der Waals surface area contributed by atoms with Crippen LogP contribution >= 0.6 is 11.6 Å². The molecular weight excluding hydrogens is 192 g/mol. The van der Waals surface area contributed by atoms with Gasteiger partial charge in [-0.1, -0.05) is 11.6 Å². The quantitative estimate of drug-likeness (QED) is 0.751. The number of fused-ring (bicyclic) bond motifs is 1. The van der Waals surface area contributed by atoms with E-state index in [4.69, 9.17) is 21.1 Å². The molecule has 13 heavy (non-hydrogen) atoms. The minimum Gasteiger partial charge on any atom is -0.495 e. The van der Waals surface area contributed by atoms with Crippen LogP contribution in [0.3, 0.4) is 0 Å². The van der Waals surface area contributed by atoms with Crippen molar-refractivity contribution in [1.82, 2.24) is 0 Å². The number of rotatable bonds is 1. The number of aliphatic hydroxyl groups excluding tert-OH is 1. The topological polar surface area (TPSA) is 38.7 Å². The number of hydrogen-bond acceptors (Lipinski definition) is 3. The Hall–Kier alpha value is -0.930. The molecule has 0 bridgehead atoms. The molecule has 1 aromatic carbocycles. The number of benzene rings is 1. The van der Waals surface area contributed by atoms with Crippen LogP contribution in [0.25, 0.3) is 0 Å². The number of hydrogen-bond donors (Lipinski definition) is 1. The standard InChI is InChI=1S/C9H9ClO3/c1-12-7-3-2-5-6(11)4-13-9(5)8(7)10/h2-3,6,11H,4H2,1H3. The number of halogens is 1. The average Bonchev–Trinajstić information content (AvgIpc) is 2.50. The molecular formula is C9H9ClO3. The number of aliphatic hydroxyl groups is 1. The minimum atomic E-state index is -0.571. The second kappa shape index (κ2) is 3.09. The molecule has 1 aromatic rings. The van der Waals surface area contributed by atoms with Crippen LogP contribution in [0.1, 0.15) is 11.7 Å². The van der Waals surface area contributed by atoms with Crippen molar-refractivity contribution in [1.29, 1.82) is 0 Å². The maximum atomic E-state index is 9.44. The molecule has 1 heterocycles. The molecule has 0 aromatic heterocycles. The molecule has 3 nitrogen and oxygen atoms in total. The Kier molecular flexibility index (Phi) is 2.06. The third-order valence-electron chi connectivity index (χ3n) is 2.06. The normalized spacial score (nSPS) is 19.5. The fraction of sp³-hybridized carbons (Fsp3) is 0.333. The van der Waals surface area contributed by atoms with Gasteiger partial charge in [0.2, 0.25) is 0 Å². The molecule has 0 saturated carbocycles. The van der Waals surface area contributed by atoms with Gasteiger partial charge in [-0.25, -0.2) is 0 Å². The summed E-state index contributed by atoms with van der Waals surface area (Å²) in [6.45, 7) is 0.266. The van der Waals surface area contributed by atoms with E-state index in [1.54, 1.807) is 19.2 Å². The Balaban J connectivity index is 2.54. The largest absolute Gasteiger partial charge is 0.495 e. The molecule has 0 amide bonds. The van der Waals surface area contributed by atoms with Crippen LogP contribution in [-0.4, -0.2) is 18.8 Å². The van der Waals surface area contributed by atoms with E-state index in [1.165, 1.54) is 0 Å². The van der Waals surface area contributed by atoms with Crippen LogP contribution in [0.15, 0.2) is 12.1 Å². The van der Waals surface area contributed by atoms with Gasteiger partial charge in [0.25, 0.3) is 0 Å². The summed E-state index contributed by atoms with van der Waals surface area (Å²) in [7, 11) is 1.54. The summed E-state index contributed by atoms with van der Waals surface area (Å²) < 4.78 is 10.2. The number of methoxy groups -OCH3 is 1. The molecule has 0 saturated heterocycles. The average molecular weight is 201 g/mol. The molecule has 0 spiro atoms. The molecule has 0 aliphatic carbocycles. The van der Waals surface area contributed by atoms with Gasteiger partial charge >= 0.3 is 0 Å². The van der Waals surface area contributed by atoms with E-state index in [0.29, 0.717) is 16.5 Å². The molecule has 1 aliphatic heterocycles. The zero-order chi connectivity index (χ0) is 9.42. The Morgan fingerprint density at radius 2 is 2.38 bits per heavy atom. The number of ether oxygens (including phenoxy) is 2. The van der Waals surface area contributed by atoms with Gasteiger partial charge in [0, 0.05) is 5.56 Å². The van der Waals surface area contributed by atoms with Gasteiger partial charge in [0.05, 0.1) is 7.11 Å². The summed E-state index contributed by atoms with van der Waals surface area (Å²) >= 11 is 5.96. The first-order valence-corrected chi connectivity index (χ1v) is 4.29. The van der Waals surface area contributed by atoms with Gasteiger partial charge in [0.1, 0.15) is 29.2 Å². The third-order valence-corrected chi connectivity index (χ3v) is 2.41. The summed E-state index contributed by atoms with van der Waals surface area (Å²) in [6, 6.07) is 3.48. The zero-order valence-corrected chi connectivity index (χ0v) is 7.84. The van der Waals surface area contributed by atoms with Crippen LogP contribution in [0.5, 0.6) is 11.5 Å². The molecule has 1 atom stereocenters. The van der Waals surface area contributed by atoms with Crippen molar-refractivity contribution in [3.8, 4) is 11.5 Å². The molecule has 1 unspecified atom stereocenters. The molecule has 4 heteroatoms. The maximum Gasteiger partial charge on any atom is 0.147 e. The first-order valence-electron chi connectivity index (χ1n) is 3.91. The molecule has 1 N–H and O–H groups in total. The van der Waals surface area contributed by atoms with Crippen LogP contribution in [0.2, 0.25) is 5.02 Å². The fourth-order valence-electron chi connectivity index (χ4n) is 1.37. The van der Waals surface area contributed by atoms with E-state index < -0.39 is 6.10 Å². The van der Waals surface area contributed by atoms with E-state index >= 15 is 0 Å². The predicted octanol–water partition coefficient (Wildman–Crippen LogP) is 1.77. The van der Waals surface area contributed by atoms with Crippen LogP contribution < -0.4 is 9.47 Å². The molecule has 1 aliphatic rings.